The summed E-state index contributed by atoms with van der Waals surface area (Å²) in [5.74, 6) is 0. The predicted octanol–water partition coefficient (Wildman–Crippen LogP) is 1.02. The maximum Gasteiger partial charge on any atom is 2.00 e. The SMILES string of the molecule is CO.Cc1cc[c-]cc1.[Mg+2]. The van der Waals surface area contributed by atoms with Crippen molar-refractivity contribution in [1.29, 1.82) is 0 Å². The molecule has 0 saturated heterocycles. The summed E-state index contributed by atoms with van der Waals surface area (Å²) in [5.41, 5.74) is 1.29. The molecule has 0 radical (unpaired) electrons. The van der Waals surface area contributed by atoms with E-state index in [-0.39, 0.29) is 23.1 Å². The molecule has 0 aromatic heterocycles. The Hall–Kier alpha value is -0.0538. The van der Waals surface area contributed by atoms with Crippen molar-refractivity contribution in [2.24, 2.45) is 0 Å². The fraction of sp³-hybridized carbons (Fsp3) is 0.250. The summed E-state index contributed by atoms with van der Waals surface area (Å²) in [7, 11) is 1.00. The van der Waals surface area contributed by atoms with Crippen LogP contribution >= 0.6 is 0 Å². The summed E-state index contributed by atoms with van der Waals surface area (Å²) in [5, 5.41) is 7.00. The van der Waals surface area contributed by atoms with Crippen LogP contribution in [-0.2, 0) is 0 Å². The van der Waals surface area contributed by atoms with Gasteiger partial charge in [-0.25, -0.2) is 0 Å². The van der Waals surface area contributed by atoms with Crippen LogP contribution in [-0.4, -0.2) is 35.3 Å². The van der Waals surface area contributed by atoms with Crippen LogP contribution in [0.2, 0.25) is 0 Å². The maximum absolute atomic E-state index is 7.00. The normalized spacial score (nSPS) is 6.70. The Morgan fingerprint density at radius 2 is 1.60 bits per heavy atom. The van der Waals surface area contributed by atoms with Crippen molar-refractivity contribution in [1.82, 2.24) is 0 Å². The van der Waals surface area contributed by atoms with Crippen molar-refractivity contribution >= 4 is 23.1 Å². The van der Waals surface area contributed by atoms with Crippen LogP contribution in [0.15, 0.2) is 24.3 Å². The van der Waals surface area contributed by atoms with E-state index in [2.05, 4.69) is 13.0 Å². The molecule has 1 aromatic rings. The van der Waals surface area contributed by atoms with Gasteiger partial charge in [0.05, 0.1) is 0 Å². The standard InChI is InChI=1S/C7H7.CH4O.Mg/c1-7-5-3-2-4-6-7;1-2;/h3-6H,1H3;2H,1H3;/q-1;;+2. The second-order valence-electron chi connectivity index (χ2n) is 1.58. The summed E-state index contributed by atoms with van der Waals surface area (Å²) in [6, 6.07) is 10.8. The Balaban J connectivity index is 0. The van der Waals surface area contributed by atoms with Crippen LogP contribution in [0.25, 0.3) is 0 Å². The Bertz CT molecular complexity index is 139. The minimum Gasteiger partial charge on any atom is -0.400 e. The van der Waals surface area contributed by atoms with Gasteiger partial charge in [-0.3, -0.25) is 0 Å². The average molecular weight is 147 g/mol. The number of benzene rings is 1. The van der Waals surface area contributed by atoms with Crippen LogP contribution < -0.4 is 0 Å². The van der Waals surface area contributed by atoms with E-state index in [4.69, 9.17) is 5.11 Å². The molecule has 1 rings (SSSR count). The first-order chi connectivity index (χ1) is 4.39. The van der Waals surface area contributed by atoms with Gasteiger partial charge >= 0.3 is 23.1 Å². The molecule has 1 aromatic carbocycles. The molecule has 1 nitrogen and oxygen atoms in total. The number of hydrogen-bond donors (Lipinski definition) is 1. The predicted molar refractivity (Wildman–Crippen MR) is 43.9 cm³/mol. The largest absolute Gasteiger partial charge is 2.00 e. The molecule has 2 heteroatoms. The minimum atomic E-state index is 0. The van der Waals surface area contributed by atoms with Gasteiger partial charge in [0.1, 0.15) is 0 Å². The molecule has 0 saturated carbocycles. The van der Waals surface area contributed by atoms with E-state index in [1.807, 2.05) is 24.3 Å². The molecular formula is C8H11MgO+. The van der Waals surface area contributed by atoms with Gasteiger partial charge in [-0.15, -0.1) is 0 Å². The number of rotatable bonds is 0. The number of aliphatic hydroxyl groups is 1. The summed E-state index contributed by atoms with van der Waals surface area (Å²) < 4.78 is 0. The Kier molecular flexibility index (Phi) is 11.3. The van der Waals surface area contributed by atoms with E-state index in [0.29, 0.717) is 0 Å². The summed E-state index contributed by atoms with van der Waals surface area (Å²) >= 11 is 0. The van der Waals surface area contributed by atoms with E-state index in [1.165, 1.54) is 5.56 Å². The minimum absolute atomic E-state index is 0. The van der Waals surface area contributed by atoms with Gasteiger partial charge in [0.2, 0.25) is 0 Å². The van der Waals surface area contributed by atoms with Crippen molar-refractivity contribution in [3.63, 3.8) is 0 Å². The molecule has 0 aliphatic carbocycles. The number of hydrogen-bond acceptors (Lipinski definition) is 1. The molecular weight excluding hydrogens is 136 g/mol. The second kappa shape index (κ2) is 8.95. The molecule has 0 bridgehead atoms. The molecule has 0 aliphatic heterocycles. The van der Waals surface area contributed by atoms with Crippen LogP contribution in [0, 0.1) is 13.0 Å². The maximum atomic E-state index is 7.00. The number of aryl methyl sites for hydroxylation is 1. The van der Waals surface area contributed by atoms with Crippen molar-refractivity contribution in [3.8, 4) is 0 Å². The Morgan fingerprint density at radius 3 is 1.80 bits per heavy atom. The van der Waals surface area contributed by atoms with E-state index >= 15 is 0 Å². The van der Waals surface area contributed by atoms with Gasteiger partial charge in [0.25, 0.3) is 0 Å². The first kappa shape index (κ1) is 12.6. The summed E-state index contributed by atoms with van der Waals surface area (Å²) in [6.45, 7) is 2.06. The fourth-order valence-corrected chi connectivity index (χ4v) is 0.470. The van der Waals surface area contributed by atoms with E-state index in [9.17, 15) is 0 Å². The third-order valence-corrected chi connectivity index (χ3v) is 0.885. The van der Waals surface area contributed by atoms with Crippen LogP contribution in [0.4, 0.5) is 0 Å². The van der Waals surface area contributed by atoms with Gasteiger partial charge in [-0.05, 0) is 0 Å². The van der Waals surface area contributed by atoms with Crippen molar-refractivity contribution in [2.75, 3.05) is 7.11 Å². The van der Waals surface area contributed by atoms with Crippen LogP contribution in [0.3, 0.4) is 0 Å². The number of aliphatic hydroxyl groups excluding tert-OH is 1. The van der Waals surface area contributed by atoms with Gasteiger partial charge in [-0.2, -0.15) is 35.9 Å². The van der Waals surface area contributed by atoms with E-state index in [0.717, 1.165) is 7.11 Å². The van der Waals surface area contributed by atoms with Gasteiger partial charge in [-0.1, -0.05) is 6.92 Å². The molecule has 0 amide bonds. The molecule has 10 heavy (non-hydrogen) atoms. The second-order valence-corrected chi connectivity index (χ2v) is 1.58. The smallest absolute Gasteiger partial charge is 0.400 e. The molecule has 0 unspecified atom stereocenters. The van der Waals surface area contributed by atoms with Gasteiger partial charge in [0, 0.05) is 7.11 Å². The monoisotopic (exact) mass is 147 g/mol. The third kappa shape index (κ3) is 6.07. The van der Waals surface area contributed by atoms with Crippen LogP contribution in [0.5, 0.6) is 0 Å². The fourth-order valence-electron chi connectivity index (χ4n) is 0.470. The average Bonchev–Trinajstić information content (AvgIpc) is 1.94. The zero-order chi connectivity index (χ0) is 7.11. The Labute approximate surface area is 78.2 Å². The first-order valence-corrected chi connectivity index (χ1v) is 2.77. The summed E-state index contributed by atoms with van der Waals surface area (Å²) in [6.07, 6.45) is 0. The molecule has 50 valence electrons. The van der Waals surface area contributed by atoms with Crippen LogP contribution in [0.1, 0.15) is 5.56 Å². The zero-order valence-electron chi connectivity index (χ0n) is 6.46. The Morgan fingerprint density at radius 1 is 1.20 bits per heavy atom. The molecule has 0 spiro atoms. The van der Waals surface area contributed by atoms with E-state index in [1.54, 1.807) is 0 Å². The molecule has 1 N–H and O–H groups in total. The first-order valence-electron chi connectivity index (χ1n) is 2.77. The van der Waals surface area contributed by atoms with Gasteiger partial charge in [0.15, 0.2) is 0 Å². The molecule has 0 atom stereocenters. The quantitative estimate of drug-likeness (QED) is 0.429. The van der Waals surface area contributed by atoms with Gasteiger partial charge < -0.3 is 5.11 Å². The molecule has 0 fully saturated rings. The topological polar surface area (TPSA) is 20.2 Å². The molecule has 0 aliphatic rings. The third-order valence-electron chi connectivity index (χ3n) is 0.885. The van der Waals surface area contributed by atoms with Crippen molar-refractivity contribution in [2.45, 2.75) is 6.92 Å². The molecule has 0 heterocycles. The van der Waals surface area contributed by atoms with E-state index < -0.39 is 0 Å². The van der Waals surface area contributed by atoms with Crippen molar-refractivity contribution < 1.29 is 5.11 Å². The van der Waals surface area contributed by atoms with Crippen molar-refractivity contribution in [3.05, 3.63) is 35.9 Å². The zero-order valence-corrected chi connectivity index (χ0v) is 7.88. The summed E-state index contributed by atoms with van der Waals surface area (Å²) in [4.78, 5) is 0.